The van der Waals surface area contributed by atoms with Crippen molar-refractivity contribution >= 4 is 28.5 Å². The van der Waals surface area contributed by atoms with Gasteiger partial charge in [-0.15, -0.1) is 0 Å². The molecule has 0 unspecified atom stereocenters. The summed E-state index contributed by atoms with van der Waals surface area (Å²) in [6, 6.07) is 9.63. The number of carbonyl (C=O) groups is 2. The van der Waals surface area contributed by atoms with E-state index in [2.05, 4.69) is 5.32 Å². The summed E-state index contributed by atoms with van der Waals surface area (Å²) in [6.07, 6.45) is 5.53. The molecule has 1 aromatic carbocycles. The lowest BCUT2D eigenvalue weighted by molar-refractivity contribution is 0.0760. The molecule has 31 heavy (non-hydrogen) atoms. The highest BCUT2D eigenvalue weighted by molar-refractivity contribution is 6.06. The van der Waals surface area contributed by atoms with Crippen LogP contribution in [-0.4, -0.2) is 34.4 Å². The van der Waals surface area contributed by atoms with E-state index in [1.807, 2.05) is 0 Å². The number of nitrogens with zero attached hydrogens (tertiary/aromatic N) is 2. The first kappa shape index (κ1) is 20.6. The van der Waals surface area contributed by atoms with E-state index in [-0.39, 0.29) is 17.2 Å². The van der Waals surface area contributed by atoms with Crippen molar-refractivity contribution in [3.8, 4) is 0 Å². The third kappa shape index (κ3) is 4.28. The standard InChI is InChI=1S/C23H23N3O5/c1-25-14-16(21(28)26-10-6-2-3-7-11-26)13-18(22(25)29)24-20(27)17-12-15-8-4-5-9-19(15)31-23(17)30/h4-5,8-9,12-14H,2-3,6-7,10-11H2,1H3,(H,24,27). The van der Waals surface area contributed by atoms with Gasteiger partial charge in [-0.2, -0.15) is 0 Å². The highest BCUT2D eigenvalue weighted by Crippen LogP contribution is 2.16. The number of aryl methyl sites for hydroxylation is 1. The highest BCUT2D eigenvalue weighted by atomic mass is 16.4. The Balaban J connectivity index is 1.64. The van der Waals surface area contributed by atoms with Crippen LogP contribution in [0.2, 0.25) is 0 Å². The largest absolute Gasteiger partial charge is 0.422 e. The fraction of sp³-hybridized carbons (Fsp3) is 0.304. The average molecular weight is 421 g/mol. The molecule has 2 aromatic heterocycles. The van der Waals surface area contributed by atoms with Crippen LogP contribution in [0.5, 0.6) is 0 Å². The topological polar surface area (TPSA) is 102 Å². The van der Waals surface area contributed by atoms with E-state index in [0.29, 0.717) is 29.6 Å². The third-order valence-corrected chi connectivity index (χ3v) is 5.46. The van der Waals surface area contributed by atoms with Crippen molar-refractivity contribution in [2.24, 2.45) is 7.05 Å². The molecule has 0 saturated carbocycles. The number of amides is 2. The maximum atomic E-state index is 13.0. The van der Waals surface area contributed by atoms with Gasteiger partial charge in [-0.25, -0.2) is 4.79 Å². The highest BCUT2D eigenvalue weighted by Gasteiger charge is 2.21. The van der Waals surface area contributed by atoms with E-state index in [9.17, 15) is 19.2 Å². The second kappa shape index (κ2) is 8.59. The molecule has 0 atom stereocenters. The van der Waals surface area contributed by atoms with Gasteiger partial charge in [0.15, 0.2) is 0 Å². The molecule has 0 radical (unpaired) electrons. The third-order valence-electron chi connectivity index (χ3n) is 5.46. The molecule has 8 nitrogen and oxygen atoms in total. The molecule has 0 bridgehead atoms. The minimum Gasteiger partial charge on any atom is -0.422 e. The Morgan fingerprint density at radius 1 is 1.00 bits per heavy atom. The van der Waals surface area contributed by atoms with Crippen molar-refractivity contribution in [1.29, 1.82) is 0 Å². The van der Waals surface area contributed by atoms with Crippen LogP contribution in [0.25, 0.3) is 11.0 Å². The first-order chi connectivity index (χ1) is 14.9. The number of hydrogen-bond acceptors (Lipinski definition) is 5. The van der Waals surface area contributed by atoms with Crippen molar-refractivity contribution in [2.45, 2.75) is 25.7 Å². The van der Waals surface area contributed by atoms with Crippen LogP contribution in [-0.2, 0) is 7.05 Å². The molecule has 0 spiro atoms. The molecule has 3 heterocycles. The molecule has 1 aliphatic rings. The SMILES string of the molecule is Cn1cc(C(=O)N2CCCCCC2)cc(NC(=O)c2cc3ccccc3oc2=O)c1=O. The number of carbonyl (C=O) groups excluding carboxylic acids is 2. The Labute approximate surface area is 178 Å². The van der Waals surface area contributed by atoms with Gasteiger partial charge in [-0.1, -0.05) is 31.0 Å². The number of benzene rings is 1. The first-order valence-electron chi connectivity index (χ1n) is 10.3. The first-order valence-corrected chi connectivity index (χ1v) is 10.3. The molecular weight excluding hydrogens is 398 g/mol. The predicted octanol–water partition coefficient (Wildman–Crippen LogP) is 2.76. The van der Waals surface area contributed by atoms with Crippen molar-refractivity contribution in [1.82, 2.24) is 9.47 Å². The summed E-state index contributed by atoms with van der Waals surface area (Å²) in [4.78, 5) is 52.3. The molecule has 4 rings (SSSR count). The normalized spacial score (nSPS) is 14.3. The van der Waals surface area contributed by atoms with Crippen molar-refractivity contribution in [3.63, 3.8) is 0 Å². The van der Waals surface area contributed by atoms with Gasteiger partial charge in [-0.05, 0) is 31.0 Å². The Morgan fingerprint density at radius 2 is 1.71 bits per heavy atom. The monoisotopic (exact) mass is 421 g/mol. The van der Waals surface area contributed by atoms with Gasteiger partial charge in [0.1, 0.15) is 16.8 Å². The lowest BCUT2D eigenvalue weighted by atomic mass is 10.1. The maximum Gasteiger partial charge on any atom is 0.349 e. The molecule has 0 aliphatic carbocycles. The quantitative estimate of drug-likeness (QED) is 0.656. The fourth-order valence-electron chi connectivity index (χ4n) is 3.78. The average Bonchev–Trinajstić information content (AvgIpc) is 3.05. The van der Waals surface area contributed by atoms with E-state index in [4.69, 9.17) is 4.42 Å². The molecule has 1 saturated heterocycles. The molecule has 1 N–H and O–H groups in total. The van der Waals surface area contributed by atoms with E-state index in [0.717, 1.165) is 25.7 Å². The zero-order valence-corrected chi connectivity index (χ0v) is 17.2. The summed E-state index contributed by atoms with van der Waals surface area (Å²) in [7, 11) is 1.52. The van der Waals surface area contributed by atoms with Gasteiger partial charge in [0, 0.05) is 31.7 Å². The van der Waals surface area contributed by atoms with Gasteiger partial charge < -0.3 is 19.2 Å². The number of pyridine rings is 1. The number of aromatic nitrogens is 1. The van der Waals surface area contributed by atoms with Gasteiger partial charge in [-0.3, -0.25) is 14.4 Å². The molecule has 160 valence electrons. The van der Waals surface area contributed by atoms with Crippen molar-refractivity contribution in [2.75, 3.05) is 18.4 Å². The summed E-state index contributed by atoms with van der Waals surface area (Å²) in [5.74, 6) is -0.950. The Morgan fingerprint density at radius 3 is 2.45 bits per heavy atom. The van der Waals surface area contributed by atoms with Crippen LogP contribution in [0.15, 0.2) is 56.6 Å². The van der Waals surface area contributed by atoms with E-state index in [1.165, 1.54) is 29.9 Å². The second-order valence-electron chi connectivity index (χ2n) is 7.70. The molecule has 2 amide bonds. The smallest absolute Gasteiger partial charge is 0.349 e. The minimum atomic E-state index is -0.801. The number of likely N-dealkylation sites (tertiary alicyclic amines) is 1. The van der Waals surface area contributed by atoms with Gasteiger partial charge in [0.05, 0.1) is 5.56 Å². The van der Waals surface area contributed by atoms with Gasteiger partial charge >= 0.3 is 5.63 Å². The van der Waals surface area contributed by atoms with Gasteiger partial charge in [0.2, 0.25) is 0 Å². The predicted molar refractivity (Wildman–Crippen MR) is 116 cm³/mol. The fourth-order valence-corrected chi connectivity index (χ4v) is 3.78. The zero-order chi connectivity index (χ0) is 22.0. The Hall–Kier alpha value is -3.68. The molecule has 1 aliphatic heterocycles. The number of hydrogen-bond donors (Lipinski definition) is 1. The lowest BCUT2D eigenvalue weighted by Gasteiger charge is -2.21. The number of para-hydroxylation sites is 1. The van der Waals surface area contributed by atoms with E-state index in [1.54, 1.807) is 29.2 Å². The van der Waals surface area contributed by atoms with Crippen molar-refractivity contribution in [3.05, 3.63) is 74.5 Å². The number of nitrogens with one attached hydrogen (secondary N) is 1. The van der Waals surface area contributed by atoms with Crippen LogP contribution in [0.3, 0.4) is 0 Å². The number of rotatable bonds is 3. The minimum absolute atomic E-state index is 0.0688. The van der Waals surface area contributed by atoms with E-state index < -0.39 is 17.1 Å². The summed E-state index contributed by atoms with van der Waals surface area (Å²) in [5.41, 5.74) is -0.892. The second-order valence-corrected chi connectivity index (χ2v) is 7.70. The van der Waals surface area contributed by atoms with Crippen LogP contribution < -0.4 is 16.5 Å². The van der Waals surface area contributed by atoms with Crippen LogP contribution in [0.4, 0.5) is 5.69 Å². The molecule has 8 heteroatoms. The maximum absolute atomic E-state index is 13.0. The summed E-state index contributed by atoms with van der Waals surface area (Å²) >= 11 is 0. The lowest BCUT2D eigenvalue weighted by Crippen LogP contribution is -2.34. The Bertz CT molecular complexity index is 1270. The summed E-state index contributed by atoms with van der Waals surface area (Å²) < 4.78 is 6.45. The number of anilines is 1. The molecular formula is C23H23N3O5. The van der Waals surface area contributed by atoms with E-state index >= 15 is 0 Å². The Kier molecular flexibility index (Phi) is 5.70. The number of fused-ring (bicyclic) bond motifs is 1. The van der Waals surface area contributed by atoms with Crippen molar-refractivity contribution < 1.29 is 14.0 Å². The van der Waals surface area contributed by atoms with Crippen LogP contribution in [0, 0.1) is 0 Å². The van der Waals surface area contributed by atoms with Gasteiger partial charge in [0.25, 0.3) is 17.4 Å². The molecule has 3 aromatic rings. The van der Waals surface area contributed by atoms with Crippen LogP contribution >= 0.6 is 0 Å². The van der Waals surface area contributed by atoms with Crippen LogP contribution in [0.1, 0.15) is 46.4 Å². The zero-order valence-electron chi connectivity index (χ0n) is 17.2. The molecule has 1 fully saturated rings. The summed E-state index contributed by atoms with van der Waals surface area (Å²) in [6.45, 7) is 1.34. The summed E-state index contributed by atoms with van der Waals surface area (Å²) in [5, 5.41) is 3.07.